The van der Waals surface area contributed by atoms with Crippen LogP contribution in [0.1, 0.15) is 129 Å². The van der Waals surface area contributed by atoms with Crippen molar-refractivity contribution in [3.05, 3.63) is 29.8 Å². The second-order valence-corrected chi connectivity index (χ2v) is 16.7. The lowest BCUT2D eigenvalue weighted by molar-refractivity contribution is -0.151. The van der Waals surface area contributed by atoms with E-state index in [4.69, 9.17) is 9.16 Å². The van der Waals surface area contributed by atoms with Crippen molar-refractivity contribution >= 4 is 14.3 Å². The average molecular weight is 489 g/mol. The monoisotopic (exact) mass is 488 g/mol. The van der Waals surface area contributed by atoms with E-state index in [0.29, 0.717) is 12.3 Å². The fourth-order valence-electron chi connectivity index (χ4n) is 4.66. The maximum absolute atomic E-state index is 12.6. The third-order valence-corrected chi connectivity index (χ3v) is 12.3. The molecule has 1 fully saturated rings. The van der Waals surface area contributed by atoms with Crippen molar-refractivity contribution in [3.63, 3.8) is 0 Å². The van der Waals surface area contributed by atoms with Crippen molar-refractivity contribution in [2.24, 2.45) is 0 Å². The molecule has 0 unspecified atom stereocenters. The second-order valence-electron chi connectivity index (χ2n) is 11.9. The summed E-state index contributed by atoms with van der Waals surface area (Å²) in [5.74, 6) is 1.27. The van der Waals surface area contributed by atoms with Gasteiger partial charge in [0.15, 0.2) is 0 Å². The molecular weight excluding hydrogens is 436 g/mol. The van der Waals surface area contributed by atoms with Gasteiger partial charge in [-0.1, -0.05) is 97.6 Å². The molecule has 0 aromatic heterocycles. The minimum Gasteiger partial charge on any atom is -0.544 e. The predicted molar refractivity (Wildman–Crippen MR) is 147 cm³/mol. The number of benzene rings is 1. The van der Waals surface area contributed by atoms with E-state index in [1.54, 1.807) is 0 Å². The molecule has 0 N–H and O–H groups in total. The van der Waals surface area contributed by atoms with Crippen molar-refractivity contribution < 1.29 is 14.0 Å². The quantitative estimate of drug-likeness (QED) is 0.148. The molecule has 4 heteroatoms. The summed E-state index contributed by atoms with van der Waals surface area (Å²) >= 11 is 0. The van der Waals surface area contributed by atoms with E-state index >= 15 is 0 Å². The molecule has 0 aliphatic heterocycles. The molecule has 0 spiro atoms. The maximum atomic E-state index is 12.6. The number of hydrogen-bond donors (Lipinski definition) is 0. The standard InChI is InChI=1S/C30H52O3Si/c1-7-8-9-10-11-12-13-14-15-20-29(31)32-28-19-17-16-18-27(28)25-21-23-26(24-22-25)33-34(5,6)30(2,3)4/h21-24,27-28H,7-20H2,1-6H3/t27-,28+/m0/s1. The normalized spacial score (nSPS) is 19.1. The highest BCUT2D eigenvalue weighted by Gasteiger charge is 2.39. The van der Waals surface area contributed by atoms with Crippen LogP contribution in [0, 0.1) is 0 Å². The molecule has 2 rings (SSSR count). The molecule has 3 nitrogen and oxygen atoms in total. The van der Waals surface area contributed by atoms with Crippen LogP contribution in [0.15, 0.2) is 24.3 Å². The first-order valence-corrected chi connectivity index (χ1v) is 17.0. The van der Waals surface area contributed by atoms with Crippen molar-refractivity contribution in [2.45, 2.75) is 148 Å². The Balaban J connectivity index is 1.79. The van der Waals surface area contributed by atoms with Crippen LogP contribution in [-0.4, -0.2) is 20.4 Å². The SMILES string of the molecule is CCCCCCCCCCCC(=O)O[C@@H]1CCCC[C@H]1c1ccc(O[Si](C)(C)C(C)(C)C)cc1. The molecule has 0 saturated heterocycles. The smallest absolute Gasteiger partial charge is 0.306 e. The summed E-state index contributed by atoms with van der Waals surface area (Å²) in [5.41, 5.74) is 1.28. The molecule has 0 heterocycles. The van der Waals surface area contributed by atoms with Crippen LogP contribution in [0.2, 0.25) is 18.1 Å². The largest absolute Gasteiger partial charge is 0.544 e. The van der Waals surface area contributed by atoms with Gasteiger partial charge in [0, 0.05) is 12.3 Å². The lowest BCUT2D eigenvalue weighted by Crippen LogP contribution is -2.43. The zero-order chi connectivity index (χ0) is 25.0. The summed E-state index contributed by atoms with van der Waals surface area (Å²) in [4.78, 5) is 12.6. The zero-order valence-corrected chi connectivity index (χ0v) is 24.1. The minimum atomic E-state index is -1.84. The number of carbonyl (C=O) groups excluding carboxylic acids is 1. The first-order valence-electron chi connectivity index (χ1n) is 14.1. The van der Waals surface area contributed by atoms with Gasteiger partial charge in [-0.05, 0) is 61.5 Å². The Morgan fingerprint density at radius 2 is 1.44 bits per heavy atom. The lowest BCUT2D eigenvalue weighted by Gasteiger charge is -2.36. The van der Waals surface area contributed by atoms with Gasteiger partial charge in [-0.15, -0.1) is 0 Å². The van der Waals surface area contributed by atoms with E-state index < -0.39 is 8.32 Å². The Morgan fingerprint density at radius 3 is 2.03 bits per heavy atom. The highest BCUT2D eigenvalue weighted by Crippen LogP contribution is 2.39. The van der Waals surface area contributed by atoms with Crippen molar-refractivity contribution in [1.29, 1.82) is 0 Å². The lowest BCUT2D eigenvalue weighted by atomic mass is 9.81. The van der Waals surface area contributed by atoms with Gasteiger partial charge in [-0.2, -0.15) is 0 Å². The Labute approximate surface area is 211 Å². The van der Waals surface area contributed by atoms with Crippen LogP contribution >= 0.6 is 0 Å². The van der Waals surface area contributed by atoms with Crippen molar-refractivity contribution in [1.82, 2.24) is 0 Å². The van der Waals surface area contributed by atoms with Gasteiger partial charge in [0.2, 0.25) is 8.32 Å². The summed E-state index contributed by atoms with van der Waals surface area (Å²) in [5, 5.41) is 0.184. The Hall–Kier alpha value is -1.29. The number of carbonyl (C=O) groups is 1. The minimum absolute atomic E-state index is 0.00211. The van der Waals surface area contributed by atoms with Gasteiger partial charge in [-0.25, -0.2) is 0 Å². The number of esters is 1. The highest BCUT2D eigenvalue weighted by molar-refractivity contribution is 6.74. The number of ether oxygens (including phenoxy) is 1. The molecule has 1 aromatic rings. The molecule has 1 aromatic carbocycles. The van der Waals surface area contributed by atoms with E-state index in [2.05, 4.69) is 65.1 Å². The van der Waals surface area contributed by atoms with Crippen molar-refractivity contribution in [3.8, 4) is 5.75 Å². The summed E-state index contributed by atoms with van der Waals surface area (Å²) in [6.07, 6.45) is 16.4. The van der Waals surface area contributed by atoms with Gasteiger partial charge in [-0.3, -0.25) is 4.79 Å². The van der Waals surface area contributed by atoms with Gasteiger partial charge < -0.3 is 9.16 Å². The third kappa shape index (κ3) is 9.75. The average Bonchev–Trinajstić information content (AvgIpc) is 2.78. The van der Waals surface area contributed by atoms with Crippen LogP contribution in [0.4, 0.5) is 0 Å². The summed E-state index contributed by atoms with van der Waals surface area (Å²) in [6.45, 7) is 13.6. The van der Waals surface area contributed by atoms with Crippen LogP contribution in [0.25, 0.3) is 0 Å². The summed E-state index contributed by atoms with van der Waals surface area (Å²) in [6, 6.07) is 8.62. The van der Waals surface area contributed by atoms with Crippen LogP contribution in [-0.2, 0) is 9.53 Å². The molecule has 0 radical (unpaired) electrons. The topological polar surface area (TPSA) is 35.5 Å². The molecular formula is C30H52O3Si. The fourth-order valence-corrected chi connectivity index (χ4v) is 5.69. The van der Waals surface area contributed by atoms with E-state index in [1.807, 2.05) is 0 Å². The summed E-state index contributed by atoms with van der Waals surface area (Å²) < 4.78 is 12.5. The molecule has 34 heavy (non-hydrogen) atoms. The molecule has 1 aliphatic carbocycles. The molecule has 194 valence electrons. The molecule has 0 bridgehead atoms. The Kier molecular flexibility index (Phi) is 12.2. The predicted octanol–water partition coefficient (Wildman–Crippen LogP) is 9.56. The van der Waals surface area contributed by atoms with E-state index in [-0.39, 0.29) is 17.1 Å². The van der Waals surface area contributed by atoms with Gasteiger partial charge in [0.05, 0.1) is 0 Å². The van der Waals surface area contributed by atoms with E-state index in [9.17, 15) is 4.79 Å². The van der Waals surface area contributed by atoms with Gasteiger partial charge in [0.25, 0.3) is 0 Å². The first-order chi connectivity index (χ1) is 16.1. The fraction of sp³-hybridized carbons (Fsp3) is 0.767. The zero-order valence-electron chi connectivity index (χ0n) is 23.1. The van der Waals surface area contributed by atoms with Crippen LogP contribution in [0.3, 0.4) is 0 Å². The molecule has 1 saturated carbocycles. The molecule has 1 aliphatic rings. The molecule has 0 amide bonds. The third-order valence-electron chi connectivity index (χ3n) is 7.96. The Bertz CT molecular complexity index is 705. The Morgan fingerprint density at radius 1 is 0.882 bits per heavy atom. The maximum Gasteiger partial charge on any atom is 0.306 e. The first kappa shape index (κ1) is 28.9. The van der Waals surface area contributed by atoms with Crippen LogP contribution in [0.5, 0.6) is 5.75 Å². The van der Waals surface area contributed by atoms with Gasteiger partial charge >= 0.3 is 5.97 Å². The molecule has 2 atom stereocenters. The summed E-state index contributed by atoms with van der Waals surface area (Å²) in [7, 11) is -1.84. The highest BCUT2D eigenvalue weighted by atomic mass is 28.4. The van der Waals surface area contributed by atoms with E-state index in [0.717, 1.165) is 37.9 Å². The van der Waals surface area contributed by atoms with Crippen LogP contribution < -0.4 is 4.43 Å². The van der Waals surface area contributed by atoms with Gasteiger partial charge in [0.1, 0.15) is 11.9 Å². The van der Waals surface area contributed by atoms with E-state index in [1.165, 1.54) is 56.9 Å². The number of hydrogen-bond acceptors (Lipinski definition) is 3. The van der Waals surface area contributed by atoms with Crippen molar-refractivity contribution in [2.75, 3.05) is 0 Å². The number of rotatable bonds is 14. The second kappa shape index (κ2) is 14.3. The number of unbranched alkanes of at least 4 members (excludes halogenated alkanes) is 8.